The first-order valence-electron chi connectivity index (χ1n) is 10.2. The number of hydrogen-bond acceptors (Lipinski definition) is 8. The van der Waals surface area contributed by atoms with Gasteiger partial charge in [-0.1, -0.05) is 18.2 Å². The lowest BCUT2D eigenvalue weighted by molar-refractivity contribution is -0.124. The molecule has 1 N–H and O–H groups in total. The molecule has 0 atom stereocenters. The molecule has 0 saturated heterocycles. The fourth-order valence-corrected chi connectivity index (χ4v) is 5.10. The van der Waals surface area contributed by atoms with Gasteiger partial charge in [0, 0.05) is 6.54 Å². The molecule has 0 aliphatic rings. The maximum atomic E-state index is 12.4. The van der Waals surface area contributed by atoms with E-state index in [1.807, 2.05) is 48.5 Å². The van der Waals surface area contributed by atoms with Crippen molar-refractivity contribution in [1.29, 1.82) is 0 Å². The van der Waals surface area contributed by atoms with E-state index in [0.29, 0.717) is 29.3 Å². The van der Waals surface area contributed by atoms with Gasteiger partial charge >= 0.3 is 5.97 Å². The molecule has 170 valence electrons. The highest BCUT2D eigenvalue weighted by atomic mass is 32.1. The van der Waals surface area contributed by atoms with E-state index in [9.17, 15) is 9.59 Å². The minimum atomic E-state index is -0.526. The Balaban J connectivity index is 1.25. The number of esters is 1. The molecule has 0 radical (unpaired) electrons. The third-order valence-corrected chi connectivity index (χ3v) is 7.10. The van der Waals surface area contributed by atoms with Crippen LogP contribution in [0.2, 0.25) is 0 Å². The molecule has 2 aromatic carbocycles. The predicted octanol–water partition coefficient (Wildman–Crippen LogP) is 4.56. The first-order chi connectivity index (χ1) is 16.1. The van der Waals surface area contributed by atoms with E-state index in [1.54, 1.807) is 31.6 Å². The molecule has 9 heteroatoms. The fraction of sp³-hybridized carbons (Fsp3) is 0.208. The summed E-state index contributed by atoms with van der Waals surface area (Å²) in [5, 5.41) is 3.61. The lowest BCUT2D eigenvalue weighted by Gasteiger charge is -2.10. The van der Waals surface area contributed by atoms with Crippen LogP contribution in [-0.4, -0.2) is 44.2 Å². The topological polar surface area (TPSA) is 86.8 Å². The number of carbonyl (C=O) groups is 2. The number of aromatic nitrogens is 1. The van der Waals surface area contributed by atoms with E-state index in [4.69, 9.17) is 14.2 Å². The van der Waals surface area contributed by atoms with Crippen LogP contribution in [0.3, 0.4) is 0 Å². The maximum Gasteiger partial charge on any atom is 0.348 e. The van der Waals surface area contributed by atoms with Gasteiger partial charge in [-0.05, 0) is 48.4 Å². The van der Waals surface area contributed by atoms with Crippen molar-refractivity contribution in [3.05, 3.63) is 65.0 Å². The summed E-state index contributed by atoms with van der Waals surface area (Å²) in [5.41, 5.74) is 1.92. The Morgan fingerprint density at radius 3 is 2.58 bits per heavy atom. The standard InChI is InChI=1S/C24H22N2O5S2/c1-29-17-8-7-15(13-18(17)30-2)11-12-25-22(27)14-31-24(28)21-10-9-20(32-21)23-26-16-5-3-4-6-19(16)33-23/h3-10,13H,11-12,14H2,1-2H3,(H,25,27). The van der Waals surface area contributed by atoms with Crippen molar-refractivity contribution in [2.24, 2.45) is 0 Å². The number of nitrogens with zero attached hydrogens (tertiary/aromatic N) is 1. The summed E-state index contributed by atoms with van der Waals surface area (Å²) in [6.45, 7) is 0.0752. The van der Waals surface area contributed by atoms with Crippen LogP contribution < -0.4 is 14.8 Å². The summed E-state index contributed by atoms with van der Waals surface area (Å²) in [7, 11) is 3.16. The number of methoxy groups -OCH3 is 2. The van der Waals surface area contributed by atoms with E-state index < -0.39 is 5.97 Å². The van der Waals surface area contributed by atoms with E-state index in [2.05, 4.69) is 10.3 Å². The van der Waals surface area contributed by atoms with E-state index in [0.717, 1.165) is 25.7 Å². The Morgan fingerprint density at radius 1 is 0.970 bits per heavy atom. The monoisotopic (exact) mass is 482 g/mol. The van der Waals surface area contributed by atoms with Crippen LogP contribution in [0.4, 0.5) is 0 Å². The number of nitrogens with one attached hydrogen (secondary N) is 1. The lowest BCUT2D eigenvalue weighted by atomic mass is 10.1. The fourth-order valence-electron chi connectivity index (χ4n) is 3.18. The van der Waals surface area contributed by atoms with Gasteiger partial charge in [0.1, 0.15) is 9.88 Å². The van der Waals surface area contributed by atoms with Gasteiger partial charge in [0.05, 0.1) is 29.3 Å². The largest absolute Gasteiger partial charge is 0.493 e. The third-order valence-electron chi connectivity index (χ3n) is 4.83. The zero-order valence-electron chi connectivity index (χ0n) is 18.1. The summed E-state index contributed by atoms with van der Waals surface area (Å²) in [6, 6.07) is 17.0. The molecule has 2 heterocycles. The van der Waals surface area contributed by atoms with Crippen LogP contribution in [0, 0.1) is 0 Å². The van der Waals surface area contributed by atoms with Crippen LogP contribution in [0.15, 0.2) is 54.6 Å². The number of hydrogen-bond donors (Lipinski definition) is 1. The lowest BCUT2D eigenvalue weighted by Crippen LogP contribution is -2.30. The molecule has 4 aromatic rings. The first-order valence-corrected chi connectivity index (χ1v) is 11.8. The number of para-hydroxylation sites is 1. The van der Waals surface area contributed by atoms with Crippen LogP contribution in [0.1, 0.15) is 15.2 Å². The molecule has 4 rings (SSSR count). The second-order valence-corrected chi connectivity index (χ2v) is 9.13. The van der Waals surface area contributed by atoms with Crippen molar-refractivity contribution in [3.63, 3.8) is 0 Å². The zero-order chi connectivity index (χ0) is 23.2. The van der Waals surface area contributed by atoms with Crippen molar-refractivity contribution < 1.29 is 23.8 Å². The molecule has 0 spiro atoms. The number of ether oxygens (including phenoxy) is 3. The van der Waals surface area contributed by atoms with Crippen molar-refractivity contribution in [3.8, 4) is 21.4 Å². The van der Waals surface area contributed by atoms with Crippen LogP contribution in [0.25, 0.3) is 20.1 Å². The summed E-state index contributed by atoms with van der Waals surface area (Å²) in [6.07, 6.45) is 0.608. The molecule has 7 nitrogen and oxygen atoms in total. The highest BCUT2D eigenvalue weighted by Crippen LogP contribution is 2.34. The van der Waals surface area contributed by atoms with Crippen molar-refractivity contribution in [1.82, 2.24) is 10.3 Å². The Morgan fingerprint density at radius 2 is 1.79 bits per heavy atom. The number of amides is 1. The average Bonchev–Trinajstić information content (AvgIpc) is 3.49. The number of benzene rings is 2. The smallest absolute Gasteiger partial charge is 0.348 e. The summed E-state index contributed by atoms with van der Waals surface area (Å²) >= 11 is 2.88. The SMILES string of the molecule is COc1ccc(CCNC(=O)COC(=O)c2ccc(-c3nc4ccccc4s3)s2)cc1OC. The van der Waals surface area contributed by atoms with E-state index >= 15 is 0 Å². The Kier molecular flexibility index (Phi) is 7.21. The van der Waals surface area contributed by atoms with Gasteiger partial charge in [0.25, 0.3) is 5.91 Å². The summed E-state index contributed by atoms with van der Waals surface area (Å²) < 4.78 is 16.8. The summed E-state index contributed by atoms with van der Waals surface area (Å²) in [5.74, 6) is 0.405. The molecule has 33 heavy (non-hydrogen) atoms. The van der Waals surface area contributed by atoms with Gasteiger partial charge in [0.2, 0.25) is 0 Å². The molecule has 1 amide bonds. The van der Waals surface area contributed by atoms with Crippen molar-refractivity contribution >= 4 is 44.8 Å². The van der Waals surface area contributed by atoms with E-state index in [-0.39, 0.29) is 12.5 Å². The van der Waals surface area contributed by atoms with Crippen LogP contribution in [0.5, 0.6) is 11.5 Å². The van der Waals surface area contributed by atoms with Gasteiger partial charge in [0.15, 0.2) is 18.1 Å². The number of fused-ring (bicyclic) bond motifs is 1. The first kappa shape index (κ1) is 22.8. The highest BCUT2D eigenvalue weighted by molar-refractivity contribution is 7.26. The molecular weight excluding hydrogens is 460 g/mol. The van der Waals surface area contributed by atoms with Gasteiger partial charge in [-0.15, -0.1) is 22.7 Å². The molecule has 0 saturated carbocycles. The molecular formula is C24H22N2O5S2. The van der Waals surface area contributed by atoms with Gasteiger partial charge in [-0.3, -0.25) is 4.79 Å². The normalized spacial score (nSPS) is 10.7. The maximum absolute atomic E-state index is 12.4. The number of carbonyl (C=O) groups excluding carboxylic acids is 2. The zero-order valence-corrected chi connectivity index (χ0v) is 19.8. The Hall–Kier alpha value is -3.43. The Bertz CT molecular complexity index is 1250. The van der Waals surface area contributed by atoms with Gasteiger partial charge < -0.3 is 19.5 Å². The van der Waals surface area contributed by atoms with Gasteiger partial charge in [-0.2, -0.15) is 0 Å². The van der Waals surface area contributed by atoms with Crippen molar-refractivity contribution in [2.75, 3.05) is 27.4 Å². The van der Waals surface area contributed by atoms with E-state index in [1.165, 1.54) is 11.3 Å². The molecule has 0 unspecified atom stereocenters. The second kappa shape index (κ2) is 10.5. The number of thiazole rings is 1. The molecule has 0 aliphatic heterocycles. The minimum Gasteiger partial charge on any atom is -0.493 e. The average molecular weight is 483 g/mol. The van der Waals surface area contributed by atoms with Crippen molar-refractivity contribution in [2.45, 2.75) is 6.42 Å². The quantitative estimate of drug-likeness (QED) is 0.352. The van der Waals surface area contributed by atoms with Crippen LogP contribution >= 0.6 is 22.7 Å². The third kappa shape index (κ3) is 5.50. The predicted molar refractivity (Wildman–Crippen MR) is 129 cm³/mol. The Labute approximate surface area is 198 Å². The van der Waals surface area contributed by atoms with Crippen LogP contribution in [-0.2, 0) is 16.0 Å². The summed E-state index contributed by atoms with van der Waals surface area (Å²) in [4.78, 5) is 30.4. The molecule has 0 fully saturated rings. The second-order valence-electron chi connectivity index (χ2n) is 7.02. The molecule has 2 aromatic heterocycles. The molecule has 0 aliphatic carbocycles. The van der Waals surface area contributed by atoms with Gasteiger partial charge in [-0.25, -0.2) is 9.78 Å². The molecule has 0 bridgehead atoms. The minimum absolute atomic E-state index is 0.334. The number of rotatable bonds is 9. The highest BCUT2D eigenvalue weighted by Gasteiger charge is 2.15. The number of thiophene rings is 1.